The van der Waals surface area contributed by atoms with Crippen LogP contribution in [0, 0.1) is 0 Å². The highest BCUT2D eigenvalue weighted by Crippen LogP contribution is 2.04. The fourth-order valence-corrected chi connectivity index (χ4v) is 0.707. The van der Waals surface area contributed by atoms with Crippen LogP contribution in [0.15, 0.2) is 12.2 Å². The van der Waals surface area contributed by atoms with E-state index in [9.17, 15) is 9.90 Å². The molecule has 1 unspecified atom stereocenters. The van der Waals surface area contributed by atoms with Crippen LogP contribution in [0.3, 0.4) is 0 Å². The van der Waals surface area contributed by atoms with Gasteiger partial charge in [0.05, 0.1) is 27.6 Å². The summed E-state index contributed by atoms with van der Waals surface area (Å²) in [5, 5.41) is 9.59. The average Bonchev–Trinajstić information content (AvgIpc) is 2.09. The van der Waals surface area contributed by atoms with Crippen molar-refractivity contribution < 1.29 is 24.2 Å². The number of carbonyl (C=O) groups is 1. The summed E-state index contributed by atoms with van der Waals surface area (Å²) in [6, 6.07) is 0. The van der Waals surface area contributed by atoms with Crippen LogP contribution in [-0.2, 0) is 14.6 Å². The van der Waals surface area contributed by atoms with Gasteiger partial charge in [-0.25, -0.2) is 4.79 Å². The Hall–Kier alpha value is -0.910. The van der Waals surface area contributed by atoms with Gasteiger partial charge in [0.25, 0.3) is 0 Å². The van der Waals surface area contributed by atoms with Crippen molar-refractivity contribution >= 4 is 5.97 Å². The van der Waals surface area contributed by atoms with Crippen molar-refractivity contribution in [3.63, 3.8) is 0 Å². The van der Waals surface area contributed by atoms with Gasteiger partial charge >= 0.3 is 5.97 Å². The van der Waals surface area contributed by atoms with Gasteiger partial charge in [0, 0.05) is 5.57 Å². The minimum Gasteiger partial charge on any atom is -0.345 e. The molecule has 0 aliphatic rings. The molecule has 0 aliphatic heterocycles. The van der Waals surface area contributed by atoms with E-state index in [1.807, 2.05) is 21.1 Å². The Kier molecular flexibility index (Phi) is 5.49. The third-order valence-electron chi connectivity index (χ3n) is 1.84. The van der Waals surface area contributed by atoms with Gasteiger partial charge in [-0.1, -0.05) is 6.58 Å². The number of hydrogen-bond acceptors (Lipinski definition) is 4. The summed E-state index contributed by atoms with van der Waals surface area (Å²) in [5.74, 6) is -0.588. The van der Waals surface area contributed by atoms with E-state index >= 15 is 0 Å². The van der Waals surface area contributed by atoms with Crippen molar-refractivity contribution in [2.24, 2.45) is 0 Å². The third kappa shape index (κ3) is 6.22. The molecule has 0 radical (unpaired) electrons. The van der Waals surface area contributed by atoms with Crippen LogP contribution in [-0.4, -0.2) is 49.5 Å². The summed E-state index contributed by atoms with van der Waals surface area (Å²) in [7, 11) is 5.60. The molecule has 0 aromatic heterocycles. The summed E-state index contributed by atoms with van der Waals surface area (Å²) in [4.78, 5) is 19.9. The number of aliphatic hydroxyl groups excluding tert-OH is 1. The molecule has 0 saturated carbocycles. The predicted octanol–water partition coefficient (Wildman–Crippen LogP) is 0.452. The molecule has 0 aromatic carbocycles. The highest BCUT2D eigenvalue weighted by molar-refractivity contribution is 5.86. The fraction of sp³-hybridized carbons (Fsp3) is 0.700. The lowest BCUT2D eigenvalue weighted by molar-refractivity contribution is -0.919. The van der Waals surface area contributed by atoms with Crippen LogP contribution in [0.2, 0.25) is 0 Å². The fourth-order valence-electron chi connectivity index (χ4n) is 0.707. The summed E-state index contributed by atoms with van der Waals surface area (Å²) in [6.07, 6.45) is -0.152. The normalized spacial score (nSPS) is 13.4. The predicted molar refractivity (Wildman–Crippen MR) is 55.5 cm³/mol. The lowest BCUT2D eigenvalue weighted by atomic mass is 10.3. The lowest BCUT2D eigenvalue weighted by Crippen LogP contribution is -2.45. The van der Waals surface area contributed by atoms with Gasteiger partial charge in [-0.05, 0) is 6.92 Å². The Morgan fingerprint density at radius 3 is 2.40 bits per heavy atom. The molecule has 0 fully saturated rings. The Bertz CT molecular complexity index is 232. The molecule has 1 N–H and O–H groups in total. The standard InChI is InChI=1S/C10H20NO4/c1-8(2)10(13)15-14-7-6-9(12)11(3,4)5/h9,12H,1,6-7H2,2-5H3/q+1. The monoisotopic (exact) mass is 218 g/mol. The number of nitrogens with zero attached hydrogens (tertiary/aromatic N) is 1. The first kappa shape index (κ1) is 14.1. The average molecular weight is 218 g/mol. The third-order valence-corrected chi connectivity index (χ3v) is 1.84. The van der Waals surface area contributed by atoms with Gasteiger partial charge in [-0.2, -0.15) is 4.89 Å². The topological polar surface area (TPSA) is 55.8 Å². The van der Waals surface area contributed by atoms with E-state index in [-0.39, 0.29) is 12.2 Å². The number of carbonyl (C=O) groups excluding carboxylic acids is 1. The second-order valence-corrected chi connectivity index (χ2v) is 4.36. The van der Waals surface area contributed by atoms with E-state index in [4.69, 9.17) is 0 Å². The molecule has 0 amide bonds. The quantitative estimate of drug-likeness (QED) is 0.176. The van der Waals surface area contributed by atoms with E-state index in [2.05, 4.69) is 16.4 Å². The van der Waals surface area contributed by atoms with Crippen molar-refractivity contribution in [2.45, 2.75) is 19.6 Å². The van der Waals surface area contributed by atoms with E-state index in [1.165, 1.54) is 6.92 Å². The van der Waals surface area contributed by atoms with E-state index in [1.54, 1.807) is 0 Å². The molecule has 0 bridgehead atoms. The highest BCUT2D eigenvalue weighted by Gasteiger charge is 2.20. The maximum absolute atomic E-state index is 10.9. The number of hydrogen-bond donors (Lipinski definition) is 1. The van der Waals surface area contributed by atoms with Crippen molar-refractivity contribution in [1.82, 2.24) is 0 Å². The SMILES string of the molecule is C=C(C)C(=O)OOCCC(O)[N+](C)(C)C. The maximum Gasteiger partial charge on any atom is 0.368 e. The smallest absolute Gasteiger partial charge is 0.345 e. The zero-order valence-electron chi connectivity index (χ0n) is 9.82. The Balaban J connectivity index is 3.64. The second-order valence-electron chi connectivity index (χ2n) is 4.36. The summed E-state index contributed by atoms with van der Waals surface area (Å²) in [6.45, 7) is 5.10. The van der Waals surface area contributed by atoms with Crippen LogP contribution < -0.4 is 0 Å². The van der Waals surface area contributed by atoms with Crippen molar-refractivity contribution in [3.8, 4) is 0 Å². The Morgan fingerprint density at radius 1 is 1.47 bits per heavy atom. The van der Waals surface area contributed by atoms with E-state index < -0.39 is 12.2 Å². The molecular weight excluding hydrogens is 198 g/mol. The van der Waals surface area contributed by atoms with Crippen LogP contribution in [0.5, 0.6) is 0 Å². The van der Waals surface area contributed by atoms with Crippen molar-refractivity contribution in [2.75, 3.05) is 27.7 Å². The summed E-state index contributed by atoms with van der Waals surface area (Å²) < 4.78 is 0.414. The molecule has 15 heavy (non-hydrogen) atoms. The number of rotatable bonds is 6. The highest BCUT2D eigenvalue weighted by atomic mass is 17.2. The Labute approximate surface area is 90.4 Å². The lowest BCUT2D eigenvalue weighted by Gasteiger charge is -2.29. The number of quaternary nitrogens is 1. The number of aliphatic hydroxyl groups is 1. The molecule has 0 heterocycles. The van der Waals surface area contributed by atoms with Crippen LogP contribution in [0.25, 0.3) is 0 Å². The first-order valence-corrected chi connectivity index (χ1v) is 4.73. The molecule has 0 spiro atoms. The molecule has 5 heteroatoms. The molecule has 0 aliphatic carbocycles. The Morgan fingerprint density at radius 2 is 2.00 bits per heavy atom. The van der Waals surface area contributed by atoms with Crippen molar-refractivity contribution in [1.29, 1.82) is 0 Å². The zero-order chi connectivity index (χ0) is 12.1. The zero-order valence-corrected chi connectivity index (χ0v) is 9.82. The largest absolute Gasteiger partial charge is 0.368 e. The van der Waals surface area contributed by atoms with Crippen molar-refractivity contribution in [3.05, 3.63) is 12.2 Å². The molecule has 1 atom stereocenters. The first-order chi connectivity index (χ1) is 6.75. The first-order valence-electron chi connectivity index (χ1n) is 4.73. The van der Waals surface area contributed by atoms with Gasteiger partial charge in [-0.15, -0.1) is 0 Å². The summed E-state index contributed by atoms with van der Waals surface area (Å²) >= 11 is 0. The van der Waals surface area contributed by atoms with Crippen LogP contribution in [0.1, 0.15) is 13.3 Å². The van der Waals surface area contributed by atoms with Gasteiger partial charge in [0.15, 0.2) is 6.23 Å². The van der Waals surface area contributed by atoms with Gasteiger partial charge < -0.3 is 9.59 Å². The maximum atomic E-state index is 10.9. The van der Waals surface area contributed by atoms with E-state index in [0.717, 1.165) is 0 Å². The molecular formula is C10H20NO4+. The molecule has 0 rings (SSSR count). The van der Waals surface area contributed by atoms with Gasteiger partial charge in [-0.3, -0.25) is 4.89 Å². The minimum atomic E-state index is -0.588. The van der Waals surface area contributed by atoms with Crippen LogP contribution in [0.4, 0.5) is 0 Å². The van der Waals surface area contributed by atoms with Gasteiger partial charge in [0.2, 0.25) is 0 Å². The molecule has 5 nitrogen and oxygen atoms in total. The molecule has 0 saturated heterocycles. The van der Waals surface area contributed by atoms with Gasteiger partial charge in [0.1, 0.15) is 6.61 Å². The second kappa shape index (κ2) is 5.85. The summed E-state index contributed by atoms with van der Waals surface area (Å²) in [5.41, 5.74) is 0.280. The van der Waals surface area contributed by atoms with E-state index in [0.29, 0.717) is 10.9 Å². The van der Waals surface area contributed by atoms with Crippen LogP contribution >= 0.6 is 0 Å². The molecule has 88 valence electrons. The minimum absolute atomic E-state index is 0.162. The molecule has 0 aromatic rings.